The highest BCUT2D eigenvalue weighted by Gasteiger charge is 2.16. The van der Waals surface area contributed by atoms with Crippen LogP contribution in [0.15, 0.2) is 54.7 Å². The van der Waals surface area contributed by atoms with Gasteiger partial charge >= 0.3 is 0 Å². The first-order valence-electron chi connectivity index (χ1n) is 7.11. The lowest BCUT2D eigenvalue weighted by Gasteiger charge is -2.21. The lowest BCUT2D eigenvalue weighted by molar-refractivity contribution is 0.615. The standard InChI is InChI=1S/C18H19I/c19-18-12-16(14-7-3-1-4-8-14)11-17(13-18)15-9-5-2-6-10-15/h1-5,7,11-15H,6,8-10H2. The van der Waals surface area contributed by atoms with E-state index in [0.717, 1.165) is 12.3 Å². The Labute approximate surface area is 129 Å². The van der Waals surface area contributed by atoms with Crippen LogP contribution in [-0.4, -0.2) is 0 Å². The van der Waals surface area contributed by atoms with Gasteiger partial charge in [0.1, 0.15) is 0 Å². The van der Waals surface area contributed by atoms with Crippen LogP contribution in [-0.2, 0) is 0 Å². The molecular weight excluding hydrogens is 343 g/mol. The van der Waals surface area contributed by atoms with Crippen LogP contribution in [0.25, 0.3) is 0 Å². The van der Waals surface area contributed by atoms with E-state index in [4.69, 9.17) is 0 Å². The zero-order valence-corrected chi connectivity index (χ0v) is 13.2. The van der Waals surface area contributed by atoms with Crippen molar-refractivity contribution >= 4 is 22.6 Å². The first-order chi connectivity index (χ1) is 9.33. The maximum absolute atomic E-state index is 2.46. The zero-order chi connectivity index (χ0) is 13.1. The topological polar surface area (TPSA) is 0 Å². The molecule has 0 N–H and O–H groups in total. The molecule has 0 aromatic heterocycles. The molecule has 1 aromatic rings. The molecule has 0 bridgehead atoms. The van der Waals surface area contributed by atoms with Crippen LogP contribution in [0.5, 0.6) is 0 Å². The largest absolute Gasteiger partial charge is 0.0885 e. The van der Waals surface area contributed by atoms with Crippen LogP contribution < -0.4 is 0 Å². The fourth-order valence-corrected chi connectivity index (χ4v) is 3.73. The highest BCUT2D eigenvalue weighted by atomic mass is 127. The number of halogens is 1. The van der Waals surface area contributed by atoms with E-state index in [-0.39, 0.29) is 0 Å². The summed E-state index contributed by atoms with van der Waals surface area (Å²) in [6.07, 6.45) is 18.5. The number of rotatable bonds is 2. The molecular formula is C18H19I. The minimum atomic E-state index is 0.567. The third kappa shape index (κ3) is 3.19. The number of benzene rings is 1. The maximum atomic E-state index is 2.46. The van der Waals surface area contributed by atoms with Gasteiger partial charge < -0.3 is 0 Å². The summed E-state index contributed by atoms with van der Waals surface area (Å²) in [5, 5.41) is 0. The first-order valence-corrected chi connectivity index (χ1v) is 8.19. The van der Waals surface area contributed by atoms with Gasteiger partial charge in [0.2, 0.25) is 0 Å². The molecule has 0 saturated heterocycles. The molecule has 2 aliphatic carbocycles. The number of allylic oxidation sites excluding steroid dienone is 6. The van der Waals surface area contributed by atoms with Gasteiger partial charge in [0.05, 0.1) is 0 Å². The van der Waals surface area contributed by atoms with Gasteiger partial charge in [-0.3, -0.25) is 0 Å². The van der Waals surface area contributed by atoms with Crippen LogP contribution >= 0.6 is 22.6 Å². The Morgan fingerprint density at radius 2 is 1.79 bits per heavy atom. The second-order valence-electron chi connectivity index (χ2n) is 5.45. The van der Waals surface area contributed by atoms with Crippen LogP contribution in [0.4, 0.5) is 0 Å². The Bertz CT molecular complexity index is 537. The SMILES string of the molecule is Ic1cc(C2C=CC=CC2)cc(C2CC=CCC2)c1. The van der Waals surface area contributed by atoms with E-state index in [2.05, 4.69) is 77.2 Å². The summed E-state index contributed by atoms with van der Waals surface area (Å²) in [6, 6.07) is 7.16. The van der Waals surface area contributed by atoms with E-state index in [1.807, 2.05) is 0 Å². The second-order valence-corrected chi connectivity index (χ2v) is 6.70. The molecule has 2 unspecified atom stereocenters. The lowest BCUT2D eigenvalue weighted by atomic mass is 9.84. The Balaban J connectivity index is 1.89. The lowest BCUT2D eigenvalue weighted by Crippen LogP contribution is -2.04. The van der Waals surface area contributed by atoms with Gasteiger partial charge in [0.15, 0.2) is 0 Å². The molecule has 2 atom stereocenters. The molecule has 0 nitrogen and oxygen atoms in total. The summed E-state index contributed by atoms with van der Waals surface area (Å²) >= 11 is 2.46. The molecule has 0 fully saturated rings. The van der Waals surface area contributed by atoms with Gasteiger partial charge in [-0.15, -0.1) is 0 Å². The molecule has 0 radical (unpaired) electrons. The van der Waals surface area contributed by atoms with E-state index < -0.39 is 0 Å². The first kappa shape index (κ1) is 13.2. The summed E-state index contributed by atoms with van der Waals surface area (Å²) < 4.78 is 1.38. The summed E-state index contributed by atoms with van der Waals surface area (Å²) in [6.45, 7) is 0. The van der Waals surface area contributed by atoms with Crippen molar-refractivity contribution in [1.29, 1.82) is 0 Å². The van der Waals surface area contributed by atoms with Gasteiger partial charge in [-0.05, 0) is 77.5 Å². The molecule has 19 heavy (non-hydrogen) atoms. The van der Waals surface area contributed by atoms with Gasteiger partial charge in [-0.2, -0.15) is 0 Å². The van der Waals surface area contributed by atoms with E-state index in [1.165, 1.54) is 34.0 Å². The quantitative estimate of drug-likeness (QED) is 0.467. The average Bonchev–Trinajstić information content (AvgIpc) is 2.48. The normalized spacial score (nSPS) is 25.7. The minimum Gasteiger partial charge on any atom is -0.0885 e. The molecule has 98 valence electrons. The summed E-state index contributed by atoms with van der Waals surface area (Å²) in [5.74, 6) is 1.29. The molecule has 0 saturated carbocycles. The fourth-order valence-electron chi connectivity index (χ4n) is 3.01. The van der Waals surface area contributed by atoms with Gasteiger partial charge in [0, 0.05) is 9.49 Å². The third-order valence-electron chi connectivity index (χ3n) is 4.09. The molecule has 0 spiro atoms. The van der Waals surface area contributed by atoms with Crippen LogP contribution in [0.2, 0.25) is 0 Å². The van der Waals surface area contributed by atoms with Crippen molar-refractivity contribution in [3.05, 3.63) is 69.4 Å². The Morgan fingerprint density at radius 3 is 2.53 bits per heavy atom. The van der Waals surface area contributed by atoms with Crippen LogP contribution in [0.3, 0.4) is 0 Å². The van der Waals surface area contributed by atoms with E-state index in [9.17, 15) is 0 Å². The number of hydrogen-bond donors (Lipinski definition) is 0. The summed E-state index contributed by atoms with van der Waals surface area (Å²) in [7, 11) is 0. The molecule has 1 heteroatoms. The summed E-state index contributed by atoms with van der Waals surface area (Å²) in [5.41, 5.74) is 3.02. The van der Waals surface area contributed by atoms with E-state index in [0.29, 0.717) is 5.92 Å². The van der Waals surface area contributed by atoms with E-state index >= 15 is 0 Å². The van der Waals surface area contributed by atoms with Crippen LogP contribution in [0.1, 0.15) is 48.6 Å². The molecule has 0 heterocycles. The van der Waals surface area contributed by atoms with Crippen molar-refractivity contribution in [1.82, 2.24) is 0 Å². The Kier molecular flexibility index (Phi) is 4.21. The number of hydrogen-bond acceptors (Lipinski definition) is 0. The van der Waals surface area contributed by atoms with Crippen molar-refractivity contribution in [3.8, 4) is 0 Å². The predicted octanol–water partition coefficient (Wildman–Crippen LogP) is 5.71. The van der Waals surface area contributed by atoms with Crippen molar-refractivity contribution in [2.45, 2.75) is 37.5 Å². The second kappa shape index (κ2) is 6.08. The van der Waals surface area contributed by atoms with Crippen molar-refractivity contribution in [2.75, 3.05) is 0 Å². The highest BCUT2D eigenvalue weighted by molar-refractivity contribution is 14.1. The molecule has 0 amide bonds. The van der Waals surface area contributed by atoms with Gasteiger partial charge in [-0.1, -0.05) is 42.5 Å². The van der Waals surface area contributed by atoms with Gasteiger partial charge in [0.25, 0.3) is 0 Å². The third-order valence-corrected chi connectivity index (χ3v) is 4.71. The zero-order valence-electron chi connectivity index (χ0n) is 11.1. The van der Waals surface area contributed by atoms with Gasteiger partial charge in [-0.25, -0.2) is 0 Å². The van der Waals surface area contributed by atoms with Crippen molar-refractivity contribution in [3.63, 3.8) is 0 Å². The monoisotopic (exact) mass is 362 g/mol. The molecule has 0 aliphatic heterocycles. The van der Waals surface area contributed by atoms with E-state index in [1.54, 1.807) is 0 Å². The van der Waals surface area contributed by atoms with Crippen LogP contribution in [0, 0.1) is 3.57 Å². The Morgan fingerprint density at radius 1 is 0.895 bits per heavy atom. The minimum absolute atomic E-state index is 0.567. The van der Waals surface area contributed by atoms with Crippen molar-refractivity contribution in [2.24, 2.45) is 0 Å². The van der Waals surface area contributed by atoms with Crippen molar-refractivity contribution < 1.29 is 0 Å². The molecule has 3 rings (SSSR count). The summed E-state index contributed by atoms with van der Waals surface area (Å²) in [4.78, 5) is 0. The molecule has 2 aliphatic rings. The predicted molar refractivity (Wildman–Crippen MR) is 90.5 cm³/mol. The highest BCUT2D eigenvalue weighted by Crippen LogP contribution is 2.33. The average molecular weight is 362 g/mol. The maximum Gasteiger partial charge on any atom is 0.0136 e. The molecule has 1 aromatic carbocycles. The Hall–Kier alpha value is -0.830. The smallest absolute Gasteiger partial charge is 0.0136 e. The fraction of sp³-hybridized carbons (Fsp3) is 0.333.